The van der Waals surface area contributed by atoms with E-state index in [4.69, 9.17) is 9.84 Å². The Balaban J connectivity index is 1.27. The van der Waals surface area contributed by atoms with Crippen LogP contribution in [0.4, 0.5) is 4.79 Å². The number of hydrogen-bond acceptors (Lipinski definition) is 4. The summed E-state index contributed by atoms with van der Waals surface area (Å²) in [4.78, 5) is 35.4. The van der Waals surface area contributed by atoms with Gasteiger partial charge in [0, 0.05) is 5.92 Å². The van der Waals surface area contributed by atoms with Crippen LogP contribution in [0.15, 0.2) is 48.5 Å². The Labute approximate surface area is 192 Å². The maximum Gasteiger partial charge on any atom is 0.407 e. The van der Waals surface area contributed by atoms with Gasteiger partial charge >= 0.3 is 12.1 Å². The molecule has 1 fully saturated rings. The van der Waals surface area contributed by atoms with E-state index in [9.17, 15) is 14.4 Å². The number of ether oxygens (including phenoxy) is 1. The fraction of sp³-hybridized carbons (Fsp3) is 0.346. The normalized spacial score (nSPS) is 15.5. The van der Waals surface area contributed by atoms with Gasteiger partial charge in [-0.3, -0.25) is 9.59 Å². The Morgan fingerprint density at radius 2 is 1.61 bits per heavy atom. The van der Waals surface area contributed by atoms with Crippen molar-refractivity contribution in [2.45, 2.75) is 43.6 Å². The Kier molecular flexibility index (Phi) is 6.64. The zero-order chi connectivity index (χ0) is 23.3. The molecule has 0 heterocycles. The van der Waals surface area contributed by atoms with E-state index in [-0.39, 0.29) is 25.5 Å². The molecule has 2 aliphatic carbocycles. The fourth-order valence-electron chi connectivity index (χ4n) is 4.85. The smallest absolute Gasteiger partial charge is 0.407 e. The van der Waals surface area contributed by atoms with Crippen molar-refractivity contribution in [2.24, 2.45) is 0 Å². The first-order valence-electron chi connectivity index (χ1n) is 11.1. The molecular weight excluding hydrogens is 420 g/mol. The van der Waals surface area contributed by atoms with Crippen molar-refractivity contribution in [3.05, 3.63) is 59.7 Å². The van der Waals surface area contributed by atoms with Crippen LogP contribution in [-0.4, -0.2) is 41.8 Å². The summed E-state index contributed by atoms with van der Waals surface area (Å²) in [6, 6.07) is 16.2. The molecule has 2 aliphatic rings. The van der Waals surface area contributed by atoms with Gasteiger partial charge < -0.3 is 20.5 Å². The molecule has 0 aromatic heterocycles. The van der Waals surface area contributed by atoms with Gasteiger partial charge in [-0.1, -0.05) is 67.3 Å². The van der Waals surface area contributed by atoms with Gasteiger partial charge in [0.25, 0.3) is 5.91 Å². The monoisotopic (exact) mass is 446 g/mol. The third kappa shape index (κ3) is 5.17. The number of carboxylic acids is 1. The first-order chi connectivity index (χ1) is 16.0. The van der Waals surface area contributed by atoms with Gasteiger partial charge in [0.05, 0.1) is 18.5 Å². The molecular formula is C26H26N2O5. The number of hydrogen-bond donors (Lipinski definition) is 3. The molecule has 0 aliphatic heterocycles. The van der Waals surface area contributed by atoms with E-state index in [1.54, 1.807) is 0 Å². The lowest BCUT2D eigenvalue weighted by molar-refractivity contribution is -0.139. The van der Waals surface area contributed by atoms with Gasteiger partial charge in [-0.25, -0.2) is 4.79 Å². The van der Waals surface area contributed by atoms with E-state index in [1.807, 2.05) is 36.4 Å². The van der Waals surface area contributed by atoms with Crippen molar-refractivity contribution >= 4 is 18.0 Å². The van der Waals surface area contributed by atoms with Crippen molar-refractivity contribution in [3.8, 4) is 23.0 Å². The van der Waals surface area contributed by atoms with Crippen LogP contribution in [0.2, 0.25) is 0 Å². The minimum atomic E-state index is -0.943. The Hall–Kier alpha value is -3.79. The average molecular weight is 447 g/mol. The van der Waals surface area contributed by atoms with Crippen molar-refractivity contribution in [1.82, 2.24) is 10.6 Å². The van der Waals surface area contributed by atoms with Crippen LogP contribution >= 0.6 is 0 Å². The first-order valence-corrected chi connectivity index (χ1v) is 11.1. The highest BCUT2D eigenvalue weighted by Gasteiger charge is 2.37. The molecule has 0 atom stereocenters. The number of amides is 2. The minimum Gasteiger partial charge on any atom is -0.481 e. The van der Waals surface area contributed by atoms with Crippen LogP contribution < -0.4 is 10.6 Å². The largest absolute Gasteiger partial charge is 0.481 e. The fourth-order valence-corrected chi connectivity index (χ4v) is 4.85. The van der Waals surface area contributed by atoms with Crippen molar-refractivity contribution in [1.29, 1.82) is 0 Å². The molecule has 7 nitrogen and oxygen atoms in total. The molecule has 0 spiro atoms. The summed E-state index contributed by atoms with van der Waals surface area (Å²) < 4.78 is 5.43. The van der Waals surface area contributed by atoms with Crippen molar-refractivity contribution < 1.29 is 24.2 Å². The van der Waals surface area contributed by atoms with Gasteiger partial charge in [-0.2, -0.15) is 0 Å². The predicted molar refractivity (Wildman–Crippen MR) is 122 cm³/mol. The number of benzene rings is 2. The summed E-state index contributed by atoms with van der Waals surface area (Å²) in [5.74, 6) is 3.51. The van der Waals surface area contributed by atoms with E-state index >= 15 is 0 Å². The summed E-state index contributed by atoms with van der Waals surface area (Å²) in [5, 5.41) is 14.4. The predicted octanol–water partition coefficient (Wildman–Crippen LogP) is 3.43. The van der Waals surface area contributed by atoms with Crippen LogP contribution in [0.5, 0.6) is 0 Å². The van der Waals surface area contributed by atoms with E-state index in [0.29, 0.717) is 12.8 Å². The van der Waals surface area contributed by atoms with Gasteiger partial charge in [0.2, 0.25) is 0 Å². The first kappa shape index (κ1) is 22.4. The highest BCUT2D eigenvalue weighted by Crippen LogP contribution is 2.44. The lowest BCUT2D eigenvalue weighted by Gasteiger charge is -2.27. The highest BCUT2D eigenvalue weighted by atomic mass is 16.5. The Morgan fingerprint density at radius 1 is 1.00 bits per heavy atom. The Bertz CT molecular complexity index is 1080. The van der Waals surface area contributed by atoms with Crippen LogP contribution in [-0.2, 0) is 14.3 Å². The molecule has 2 aromatic rings. The zero-order valence-electron chi connectivity index (χ0n) is 18.2. The second-order valence-electron chi connectivity index (χ2n) is 8.49. The van der Waals surface area contributed by atoms with Gasteiger partial charge in [-0.15, -0.1) is 0 Å². The average Bonchev–Trinajstić information content (AvgIpc) is 3.37. The number of carboxylic acid groups (broad SMARTS) is 1. The molecule has 0 unspecified atom stereocenters. The minimum absolute atomic E-state index is 0.0307. The second kappa shape index (κ2) is 9.78. The quantitative estimate of drug-likeness (QED) is 0.590. The maximum absolute atomic E-state index is 12.2. The van der Waals surface area contributed by atoms with Crippen LogP contribution in [0.1, 0.15) is 49.1 Å². The number of carbonyl (C=O) groups is 3. The molecule has 0 bridgehead atoms. The molecule has 7 heteroatoms. The van der Waals surface area contributed by atoms with Crippen molar-refractivity contribution in [3.63, 3.8) is 0 Å². The standard InChI is InChI=1S/C26H26N2O5/c29-23(28-26(16-24(30)31)13-5-6-14-26)12-7-15-27-25(32)33-17-22-20-10-3-1-8-18(20)19-9-2-4-11-21(19)22/h1-4,8-11,22H,5-6,13-17H2,(H,27,32)(H,28,29)(H,30,31). The van der Waals surface area contributed by atoms with E-state index in [2.05, 4.69) is 34.6 Å². The SMILES string of the molecule is O=C(O)CC1(NC(=O)C#CCNC(=O)OCC2c3ccccc3-c3ccccc32)CCCC1. The molecule has 3 N–H and O–H groups in total. The number of nitrogens with one attached hydrogen (secondary N) is 2. The van der Waals surface area contributed by atoms with E-state index in [1.165, 1.54) is 0 Å². The molecule has 4 rings (SSSR count). The molecule has 1 saturated carbocycles. The molecule has 33 heavy (non-hydrogen) atoms. The highest BCUT2D eigenvalue weighted by molar-refractivity contribution is 5.94. The summed E-state index contributed by atoms with van der Waals surface area (Å²) in [6.07, 6.45) is 2.30. The van der Waals surface area contributed by atoms with Crippen LogP contribution in [0.3, 0.4) is 0 Å². The number of alkyl carbamates (subject to hydrolysis) is 1. The Morgan fingerprint density at radius 3 is 2.21 bits per heavy atom. The molecule has 0 saturated heterocycles. The summed E-state index contributed by atoms with van der Waals surface area (Å²) in [7, 11) is 0. The van der Waals surface area contributed by atoms with E-state index < -0.39 is 23.5 Å². The zero-order valence-corrected chi connectivity index (χ0v) is 18.2. The van der Waals surface area contributed by atoms with E-state index in [0.717, 1.165) is 35.1 Å². The topological polar surface area (TPSA) is 105 Å². The van der Waals surface area contributed by atoms with Gasteiger partial charge in [-0.05, 0) is 41.0 Å². The maximum atomic E-state index is 12.2. The molecule has 170 valence electrons. The molecule has 2 aromatic carbocycles. The van der Waals surface area contributed by atoms with Crippen LogP contribution in [0.25, 0.3) is 11.1 Å². The second-order valence-corrected chi connectivity index (χ2v) is 8.49. The van der Waals surface area contributed by atoms with Gasteiger partial charge in [0.15, 0.2) is 0 Å². The third-order valence-corrected chi connectivity index (χ3v) is 6.30. The third-order valence-electron chi connectivity index (χ3n) is 6.30. The number of aliphatic carboxylic acids is 1. The number of fused-ring (bicyclic) bond motifs is 3. The molecule has 2 amide bonds. The molecule has 0 radical (unpaired) electrons. The summed E-state index contributed by atoms with van der Waals surface area (Å²) in [5.41, 5.74) is 3.84. The summed E-state index contributed by atoms with van der Waals surface area (Å²) >= 11 is 0. The number of rotatable bonds is 6. The van der Waals surface area contributed by atoms with Crippen LogP contribution in [0, 0.1) is 11.8 Å². The lowest BCUT2D eigenvalue weighted by Crippen LogP contribution is -2.47. The summed E-state index contributed by atoms with van der Waals surface area (Å²) in [6.45, 7) is 0.154. The van der Waals surface area contributed by atoms with Gasteiger partial charge in [0.1, 0.15) is 6.61 Å². The van der Waals surface area contributed by atoms with Crippen molar-refractivity contribution in [2.75, 3.05) is 13.2 Å². The number of carbonyl (C=O) groups excluding carboxylic acids is 2. The lowest BCUT2D eigenvalue weighted by atomic mass is 9.93.